The first-order valence-electron chi connectivity index (χ1n) is 6.46. The molecular weight excluding hydrogens is 292 g/mol. The maximum atomic E-state index is 11.6. The van der Waals surface area contributed by atoms with Crippen LogP contribution >= 0.6 is 12.2 Å². The van der Waals surface area contributed by atoms with Crippen LogP contribution in [0, 0.1) is 0 Å². The van der Waals surface area contributed by atoms with Crippen LogP contribution in [0.15, 0.2) is 43.0 Å². The molecule has 0 amide bonds. The fourth-order valence-corrected chi connectivity index (χ4v) is 4.35. The minimum Gasteiger partial charge on any atom is -0.341 e. The van der Waals surface area contributed by atoms with Gasteiger partial charge in [0, 0.05) is 18.3 Å². The fourth-order valence-electron chi connectivity index (χ4n) is 2.27. The standard InChI is InChI=1S/C14H18N2O2S2/c1-2-9-16(13-8-10-20(17,18)11-13)14(19)15-12-6-4-3-5-7-12/h2-7,13H,1,8-11H2,(H,15,19)/t13-/m0/s1. The first-order valence-corrected chi connectivity index (χ1v) is 8.69. The zero-order valence-corrected chi connectivity index (χ0v) is 12.8. The largest absolute Gasteiger partial charge is 0.341 e. The molecule has 108 valence electrons. The molecule has 0 aliphatic carbocycles. The number of hydrogen-bond acceptors (Lipinski definition) is 3. The van der Waals surface area contributed by atoms with Gasteiger partial charge in [0.25, 0.3) is 0 Å². The summed E-state index contributed by atoms with van der Waals surface area (Å²) in [5, 5.41) is 3.69. The maximum Gasteiger partial charge on any atom is 0.173 e. The summed E-state index contributed by atoms with van der Waals surface area (Å²) in [6, 6.07) is 9.54. The number of nitrogens with zero attached hydrogens (tertiary/aromatic N) is 1. The molecule has 2 rings (SSSR count). The summed E-state index contributed by atoms with van der Waals surface area (Å²) >= 11 is 5.41. The van der Waals surface area contributed by atoms with E-state index in [9.17, 15) is 8.42 Å². The van der Waals surface area contributed by atoms with E-state index in [1.54, 1.807) is 6.08 Å². The Labute approximate surface area is 125 Å². The molecule has 1 saturated heterocycles. The molecule has 0 aromatic heterocycles. The van der Waals surface area contributed by atoms with Gasteiger partial charge < -0.3 is 10.2 Å². The number of thiocarbonyl (C=S) groups is 1. The molecule has 20 heavy (non-hydrogen) atoms. The molecule has 0 radical (unpaired) electrons. The second kappa shape index (κ2) is 6.37. The van der Waals surface area contributed by atoms with Gasteiger partial charge in [0.15, 0.2) is 14.9 Å². The van der Waals surface area contributed by atoms with Gasteiger partial charge >= 0.3 is 0 Å². The highest BCUT2D eigenvalue weighted by Gasteiger charge is 2.32. The lowest BCUT2D eigenvalue weighted by Gasteiger charge is -2.29. The quantitative estimate of drug-likeness (QED) is 0.681. The Kier molecular flexibility index (Phi) is 4.77. The Morgan fingerprint density at radius 1 is 1.45 bits per heavy atom. The van der Waals surface area contributed by atoms with Crippen molar-refractivity contribution >= 4 is 32.9 Å². The van der Waals surface area contributed by atoms with E-state index in [4.69, 9.17) is 12.2 Å². The number of anilines is 1. The van der Waals surface area contributed by atoms with Crippen molar-refractivity contribution in [3.05, 3.63) is 43.0 Å². The lowest BCUT2D eigenvalue weighted by atomic mass is 10.2. The van der Waals surface area contributed by atoms with Crippen LogP contribution in [-0.4, -0.2) is 42.5 Å². The summed E-state index contributed by atoms with van der Waals surface area (Å²) in [6.45, 7) is 4.26. The predicted molar refractivity (Wildman–Crippen MR) is 86.6 cm³/mol. The Bertz CT molecular complexity index is 584. The van der Waals surface area contributed by atoms with Gasteiger partial charge in [-0.2, -0.15) is 0 Å². The molecule has 0 saturated carbocycles. The highest BCUT2D eigenvalue weighted by Crippen LogP contribution is 2.19. The smallest absolute Gasteiger partial charge is 0.173 e. The number of hydrogen-bond donors (Lipinski definition) is 1. The van der Waals surface area contributed by atoms with E-state index >= 15 is 0 Å². The Morgan fingerprint density at radius 2 is 2.15 bits per heavy atom. The molecule has 1 atom stereocenters. The van der Waals surface area contributed by atoms with Gasteiger partial charge in [0.1, 0.15) is 0 Å². The van der Waals surface area contributed by atoms with Gasteiger partial charge in [0.2, 0.25) is 0 Å². The summed E-state index contributed by atoms with van der Waals surface area (Å²) in [5.41, 5.74) is 0.896. The van der Waals surface area contributed by atoms with Crippen molar-refractivity contribution in [1.82, 2.24) is 4.90 Å². The fraction of sp³-hybridized carbons (Fsp3) is 0.357. The first-order chi connectivity index (χ1) is 9.52. The molecule has 1 aromatic rings. The SMILES string of the molecule is C=CCN(C(=S)Nc1ccccc1)[C@H]1CCS(=O)(=O)C1. The molecule has 0 spiro atoms. The minimum absolute atomic E-state index is 0.0679. The lowest BCUT2D eigenvalue weighted by molar-refractivity contribution is 0.370. The van der Waals surface area contributed by atoms with E-state index in [-0.39, 0.29) is 17.5 Å². The summed E-state index contributed by atoms with van der Waals surface area (Å²) in [6.07, 6.45) is 2.36. The lowest BCUT2D eigenvalue weighted by Crippen LogP contribution is -2.43. The molecule has 1 N–H and O–H groups in total. The second-order valence-corrected chi connectivity index (χ2v) is 7.41. The van der Waals surface area contributed by atoms with Crippen molar-refractivity contribution in [1.29, 1.82) is 0 Å². The molecule has 6 heteroatoms. The topological polar surface area (TPSA) is 49.4 Å². The predicted octanol–water partition coefficient (Wildman–Crippen LogP) is 2.06. The summed E-state index contributed by atoms with van der Waals surface area (Å²) < 4.78 is 23.2. The molecule has 0 bridgehead atoms. The van der Waals surface area contributed by atoms with E-state index in [0.717, 1.165) is 5.69 Å². The van der Waals surface area contributed by atoms with Crippen molar-refractivity contribution in [2.75, 3.05) is 23.4 Å². The normalized spacial score (nSPS) is 20.3. The molecule has 1 aromatic carbocycles. The van der Waals surface area contributed by atoms with Crippen LogP contribution in [0.3, 0.4) is 0 Å². The zero-order valence-electron chi connectivity index (χ0n) is 11.2. The van der Waals surface area contributed by atoms with E-state index in [0.29, 0.717) is 18.1 Å². The Hall–Kier alpha value is -1.40. The monoisotopic (exact) mass is 310 g/mol. The average molecular weight is 310 g/mol. The third-order valence-electron chi connectivity index (χ3n) is 3.26. The van der Waals surface area contributed by atoms with E-state index in [1.807, 2.05) is 35.2 Å². The van der Waals surface area contributed by atoms with Crippen molar-refractivity contribution in [2.24, 2.45) is 0 Å². The van der Waals surface area contributed by atoms with Crippen LogP contribution in [0.4, 0.5) is 5.69 Å². The second-order valence-electron chi connectivity index (χ2n) is 4.79. The first kappa shape index (κ1) is 15.0. The van der Waals surface area contributed by atoms with E-state index < -0.39 is 9.84 Å². The third kappa shape index (κ3) is 3.80. The molecule has 1 aliphatic rings. The Morgan fingerprint density at radius 3 is 2.70 bits per heavy atom. The van der Waals surface area contributed by atoms with Gasteiger partial charge in [-0.1, -0.05) is 24.3 Å². The summed E-state index contributed by atoms with van der Waals surface area (Å²) in [4.78, 5) is 1.90. The van der Waals surface area contributed by atoms with Crippen molar-refractivity contribution < 1.29 is 8.42 Å². The number of sulfone groups is 1. The number of rotatable bonds is 4. The van der Waals surface area contributed by atoms with Gasteiger partial charge in [0.05, 0.1) is 11.5 Å². The maximum absolute atomic E-state index is 11.6. The van der Waals surface area contributed by atoms with E-state index in [2.05, 4.69) is 11.9 Å². The molecular formula is C14H18N2O2S2. The van der Waals surface area contributed by atoms with Gasteiger partial charge in [-0.3, -0.25) is 0 Å². The Balaban J connectivity index is 2.08. The van der Waals surface area contributed by atoms with Crippen molar-refractivity contribution in [3.8, 4) is 0 Å². The van der Waals surface area contributed by atoms with Crippen LogP contribution in [0.5, 0.6) is 0 Å². The molecule has 1 heterocycles. The van der Waals surface area contributed by atoms with Gasteiger partial charge in [-0.15, -0.1) is 6.58 Å². The van der Waals surface area contributed by atoms with Crippen molar-refractivity contribution in [3.63, 3.8) is 0 Å². The molecule has 1 aliphatic heterocycles. The van der Waals surface area contributed by atoms with Crippen LogP contribution in [0.25, 0.3) is 0 Å². The summed E-state index contributed by atoms with van der Waals surface area (Å²) in [7, 11) is -2.93. The van der Waals surface area contributed by atoms with Gasteiger partial charge in [-0.25, -0.2) is 8.42 Å². The van der Waals surface area contributed by atoms with Crippen LogP contribution in [0.1, 0.15) is 6.42 Å². The number of para-hydroxylation sites is 1. The van der Waals surface area contributed by atoms with Gasteiger partial charge in [-0.05, 0) is 30.8 Å². The van der Waals surface area contributed by atoms with Crippen molar-refractivity contribution in [2.45, 2.75) is 12.5 Å². The highest BCUT2D eigenvalue weighted by atomic mass is 32.2. The van der Waals surface area contributed by atoms with Crippen LogP contribution in [0.2, 0.25) is 0 Å². The number of benzene rings is 1. The van der Waals surface area contributed by atoms with Crippen LogP contribution < -0.4 is 5.32 Å². The van der Waals surface area contributed by atoms with Crippen LogP contribution in [-0.2, 0) is 9.84 Å². The minimum atomic E-state index is -2.93. The summed E-state index contributed by atoms with van der Waals surface area (Å²) in [5.74, 6) is 0.400. The van der Waals surface area contributed by atoms with E-state index in [1.165, 1.54) is 0 Å². The molecule has 4 nitrogen and oxygen atoms in total. The third-order valence-corrected chi connectivity index (χ3v) is 5.35. The average Bonchev–Trinajstić information content (AvgIpc) is 2.77. The zero-order chi connectivity index (χ0) is 14.6. The highest BCUT2D eigenvalue weighted by molar-refractivity contribution is 7.91. The molecule has 0 unspecified atom stereocenters. The molecule has 1 fully saturated rings. The number of nitrogens with one attached hydrogen (secondary N) is 1.